The number of rotatable bonds is 5. The third kappa shape index (κ3) is 3.70. The highest BCUT2D eigenvalue weighted by molar-refractivity contribution is 5.29. The highest BCUT2D eigenvalue weighted by Gasteiger charge is 2.15. The standard InChI is InChI=1S/C17H25N3/c1-5-18-16(13-20-12-6-11-19-20)14-7-9-15(10-8-14)17(2,3)4/h6-12,16,18H,5,13H2,1-4H3. The Morgan fingerprint density at radius 3 is 2.40 bits per heavy atom. The lowest BCUT2D eigenvalue weighted by molar-refractivity contribution is 0.448. The van der Waals surface area contributed by atoms with Crippen molar-refractivity contribution >= 4 is 0 Å². The van der Waals surface area contributed by atoms with Crippen molar-refractivity contribution in [3.63, 3.8) is 0 Å². The third-order valence-corrected chi connectivity index (χ3v) is 3.56. The Bertz CT molecular complexity index is 506. The summed E-state index contributed by atoms with van der Waals surface area (Å²) in [5.74, 6) is 0. The summed E-state index contributed by atoms with van der Waals surface area (Å²) < 4.78 is 1.98. The molecule has 1 aromatic carbocycles. The molecule has 1 unspecified atom stereocenters. The molecule has 0 aliphatic rings. The molecule has 0 bridgehead atoms. The predicted molar refractivity (Wildman–Crippen MR) is 83.8 cm³/mol. The fourth-order valence-corrected chi connectivity index (χ4v) is 2.35. The van der Waals surface area contributed by atoms with Crippen LogP contribution in [0.3, 0.4) is 0 Å². The van der Waals surface area contributed by atoms with E-state index >= 15 is 0 Å². The van der Waals surface area contributed by atoms with Crippen LogP contribution in [-0.2, 0) is 12.0 Å². The normalized spacial score (nSPS) is 13.4. The molecule has 0 aliphatic carbocycles. The maximum Gasteiger partial charge on any atom is 0.0604 e. The SMILES string of the molecule is CCNC(Cn1cccn1)c1ccc(C(C)(C)C)cc1. The molecule has 0 saturated heterocycles. The van der Waals surface area contributed by atoms with E-state index in [0.29, 0.717) is 6.04 Å². The maximum atomic E-state index is 4.30. The summed E-state index contributed by atoms with van der Waals surface area (Å²) in [6.07, 6.45) is 3.83. The Balaban J connectivity index is 2.17. The van der Waals surface area contributed by atoms with E-state index in [4.69, 9.17) is 0 Å². The first-order chi connectivity index (χ1) is 9.50. The van der Waals surface area contributed by atoms with E-state index in [1.807, 2.05) is 23.1 Å². The van der Waals surface area contributed by atoms with Crippen LogP contribution >= 0.6 is 0 Å². The third-order valence-electron chi connectivity index (χ3n) is 3.56. The molecule has 0 aliphatic heterocycles. The average Bonchev–Trinajstić information content (AvgIpc) is 2.90. The van der Waals surface area contributed by atoms with E-state index in [1.165, 1.54) is 11.1 Å². The van der Waals surface area contributed by atoms with Gasteiger partial charge in [-0.3, -0.25) is 4.68 Å². The predicted octanol–water partition coefficient (Wildman–Crippen LogP) is 3.53. The lowest BCUT2D eigenvalue weighted by Crippen LogP contribution is -2.25. The van der Waals surface area contributed by atoms with Crippen molar-refractivity contribution in [1.82, 2.24) is 15.1 Å². The number of benzene rings is 1. The monoisotopic (exact) mass is 271 g/mol. The molecule has 1 aromatic heterocycles. The van der Waals surface area contributed by atoms with Crippen molar-refractivity contribution in [3.8, 4) is 0 Å². The molecule has 0 saturated carbocycles. The summed E-state index contributed by atoms with van der Waals surface area (Å²) in [6.45, 7) is 10.7. The summed E-state index contributed by atoms with van der Waals surface area (Å²) in [6, 6.07) is 11.2. The molecule has 3 nitrogen and oxygen atoms in total. The lowest BCUT2D eigenvalue weighted by atomic mass is 9.86. The van der Waals surface area contributed by atoms with Gasteiger partial charge >= 0.3 is 0 Å². The molecule has 0 radical (unpaired) electrons. The van der Waals surface area contributed by atoms with E-state index in [1.54, 1.807) is 0 Å². The maximum absolute atomic E-state index is 4.30. The van der Waals surface area contributed by atoms with Gasteiger partial charge in [-0.05, 0) is 29.2 Å². The highest BCUT2D eigenvalue weighted by Crippen LogP contribution is 2.24. The Morgan fingerprint density at radius 1 is 1.20 bits per heavy atom. The van der Waals surface area contributed by atoms with E-state index in [-0.39, 0.29) is 5.41 Å². The Morgan fingerprint density at radius 2 is 1.90 bits per heavy atom. The molecule has 1 atom stereocenters. The zero-order chi connectivity index (χ0) is 14.6. The van der Waals surface area contributed by atoms with E-state index < -0.39 is 0 Å². The summed E-state index contributed by atoms with van der Waals surface area (Å²) in [4.78, 5) is 0. The molecule has 0 spiro atoms. The van der Waals surface area contributed by atoms with Crippen molar-refractivity contribution in [3.05, 3.63) is 53.9 Å². The molecular formula is C17H25N3. The number of aromatic nitrogens is 2. The van der Waals surface area contributed by atoms with Gasteiger partial charge in [-0.2, -0.15) is 5.10 Å². The van der Waals surface area contributed by atoms with Crippen molar-refractivity contribution in [2.75, 3.05) is 6.54 Å². The van der Waals surface area contributed by atoms with Gasteiger partial charge in [-0.15, -0.1) is 0 Å². The number of hydrogen-bond acceptors (Lipinski definition) is 2. The molecule has 20 heavy (non-hydrogen) atoms. The van der Waals surface area contributed by atoms with E-state index in [0.717, 1.165) is 13.1 Å². The first kappa shape index (κ1) is 14.8. The van der Waals surface area contributed by atoms with Gasteiger partial charge in [0, 0.05) is 12.4 Å². The number of nitrogens with zero attached hydrogens (tertiary/aromatic N) is 2. The van der Waals surface area contributed by atoms with Crippen LogP contribution in [0.5, 0.6) is 0 Å². The van der Waals surface area contributed by atoms with Gasteiger partial charge in [0.1, 0.15) is 0 Å². The van der Waals surface area contributed by atoms with Gasteiger partial charge < -0.3 is 5.32 Å². The number of hydrogen-bond donors (Lipinski definition) is 1. The fourth-order valence-electron chi connectivity index (χ4n) is 2.35. The van der Waals surface area contributed by atoms with Crippen LogP contribution in [0.4, 0.5) is 0 Å². The van der Waals surface area contributed by atoms with Crippen LogP contribution in [-0.4, -0.2) is 16.3 Å². The second kappa shape index (κ2) is 6.23. The average molecular weight is 271 g/mol. The second-order valence-electron chi connectivity index (χ2n) is 6.21. The molecule has 3 heteroatoms. The molecule has 0 amide bonds. The van der Waals surface area contributed by atoms with Gasteiger partial charge in [0.05, 0.1) is 12.6 Å². The minimum Gasteiger partial charge on any atom is -0.309 e. The molecule has 1 N–H and O–H groups in total. The molecule has 1 heterocycles. The van der Waals surface area contributed by atoms with Gasteiger partial charge in [0.25, 0.3) is 0 Å². The summed E-state index contributed by atoms with van der Waals surface area (Å²) in [5, 5.41) is 7.83. The zero-order valence-electron chi connectivity index (χ0n) is 12.9. The van der Waals surface area contributed by atoms with Crippen molar-refractivity contribution in [1.29, 1.82) is 0 Å². The first-order valence-corrected chi connectivity index (χ1v) is 7.32. The van der Waals surface area contributed by atoms with Gasteiger partial charge in [0.15, 0.2) is 0 Å². The van der Waals surface area contributed by atoms with Crippen LogP contribution in [0.25, 0.3) is 0 Å². The molecular weight excluding hydrogens is 246 g/mol. The Kier molecular flexibility index (Phi) is 4.61. The van der Waals surface area contributed by atoms with Crippen LogP contribution in [0, 0.1) is 0 Å². The fraction of sp³-hybridized carbons (Fsp3) is 0.471. The smallest absolute Gasteiger partial charge is 0.0604 e. The van der Waals surface area contributed by atoms with Crippen molar-refractivity contribution in [2.24, 2.45) is 0 Å². The van der Waals surface area contributed by atoms with Crippen LogP contribution in [0.1, 0.15) is 44.9 Å². The summed E-state index contributed by atoms with van der Waals surface area (Å²) >= 11 is 0. The van der Waals surface area contributed by atoms with E-state index in [9.17, 15) is 0 Å². The highest BCUT2D eigenvalue weighted by atomic mass is 15.3. The quantitative estimate of drug-likeness (QED) is 0.901. The lowest BCUT2D eigenvalue weighted by Gasteiger charge is -2.22. The molecule has 2 rings (SSSR count). The first-order valence-electron chi connectivity index (χ1n) is 7.32. The second-order valence-corrected chi connectivity index (χ2v) is 6.21. The summed E-state index contributed by atoms with van der Waals surface area (Å²) in [7, 11) is 0. The minimum atomic E-state index is 0.203. The van der Waals surface area contributed by atoms with Crippen molar-refractivity contribution in [2.45, 2.75) is 45.7 Å². The number of likely N-dealkylation sites (N-methyl/N-ethyl adjacent to an activating group) is 1. The topological polar surface area (TPSA) is 29.9 Å². The van der Waals surface area contributed by atoms with Gasteiger partial charge in [-0.25, -0.2) is 0 Å². The molecule has 0 fully saturated rings. The zero-order valence-corrected chi connectivity index (χ0v) is 12.9. The van der Waals surface area contributed by atoms with Crippen LogP contribution in [0.2, 0.25) is 0 Å². The largest absolute Gasteiger partial charge is 0.309 e. The molecule has 2 aromatic rings. The summed E-state index contributed by atoms with van der Waals surface area (Å²) in [5.41, 5.74) is 2.89. The number of nitrogens with one attached hydrogen (secondary N) is 1. The van der Waals surface area contributed by atoms with Crippen LogP contribution < -0.4 is 5.32 Å². The van der Waals surface area contributed by atoms with Crippen LogP contribution in [0.15, 0.2) is 42.7 Å². The Hall–Kier alpha value is -1.61. The minimum absolute atomic E-state index is 0.203. The van der Waals surface area contributed by atoms with Crippen molar-refractivity contribution < 1.29 is 0 Å². The van der Waals surface area contributed by atoms with Gasteiger partial charge in [0.2, 0.25) is 0 Å². The van der Waals surface area contributed by atoms with E-state index in [2.05, 4.69) is 62.4 Å². The Labute approximate surface area is 122 Å². The van der Waals surface area contributed by atoms with Gasteiger partial charge in [-0.1, -0.05) is 52.0 Å². The molecule has 108 valence electrons.